The van der Waals surface area contributed by atoms with Crippen molar-refractivity contribution in [2.24, 2.45) is 0 Å². The van der Waals surface area contributed by atoms with Crippen LogP contribution in [-0.4, -0.2) is 40.5 Å². The van der Waals surface area contributed by atoms with Gasteiger partial charge < -0.3 is 10.4 Å². The van der Waals surface area contributed by atoms with Gasteiger partial charge in [-0.05, 0) is 12.0 Å². The number of carboxylic acid groups (broad SMARTS) is 1. The minimum absolute atomic E-state index is 0.255. The Bertz CT molecular complexity index is 501. The lowest BCUT2D eigenvalue weighted by molar-refractivity contribution is -0.140. The van der Waals surface area contributed by atoms with Gasteiger partial charge in [-0.1, -0.05) is 30.3 Å². The number of amides is 3. The van der Waals surface area contributed by atoms with Crippen molar-refractivity contribution in [2.45, 2.75) is 18.9 Å². The molecule has 1 aromatic carbocycles. The molecule has 1 saturated heterocycles. The summed E-state index contributed by atoms with van der Waals surface area (Å²) >= 11 is 0. The predicted octanol–water partition coefficient (Wildman–Crippen LogP) is 0.624. The first-order chi connectivity index (χ1) is 9.08. The van der Waals surface area contributed by atoms with E-state index in [4.69, 9.17) is 5.11 Å². The number of urea groups is 1. The van der Waals surface area contributed by atoms with Crippen molar-refractivity contribution in [1.29, 1.82) is 0 Å². The van der Waals surface area contributed by atoms with Crippen molar-refractivity contribution >= 4 is 17.9 Å². The number of hydrogen-bond donors (Lipinski definition) is 2. The van der Waals surface area contributed by atoms with E-state index in [1.807, 2.05) is 30.3 Å². The van der Waals surface area contributed by atoms with Crippen LogP contribution in [0.25, 0.3) is 0 Å². The molecule has 3 amide bonds. The summed E-state index contributed by atoms with van der Waals surface area (Å²) in [6.07, 6.45) is 0.173. The van der Waals surface area contributed by atoms with Crippen LogP contribution in [0.15, 0.2) is 30.3 Å². The summed E-state index contributed by atoms with van der Waals surface area (Å²) in [6.45, 7) is 0.255. The molecule has 0 aliphatic carbocycles. The van der Waals surface area contributed by atoms with Crippen molar-refractivity contribution in [2.75, 3.05) is 6.54 Å². The molecule has 0 aromatic heterocycles. The monoisotopic (exact) mass is 262 g/mol. The van der Waals surface area contributed by atoms with Crippen LogP contribution in [0.5, 0.6) is 0 Å². The van der Waals surface area contributed by atoms with Gasteiger partial charge in [0.1, 0.15) is 6.04 Å². The molecular weight excluding hydrogens is 248 g/mol. The molecule has 2 N–H and O–H groups in total. The molecule has 0 radical (unpaired) electrons. The molecule has 6 nitrogen and oxygen atoms in total. The summed E-state index contributed by atoms with van der Waals surface area (Å²) in [6, 6.07) is 8.01. The number of rotatable bonds is 5. The number of hydrogen-bond acceptors (Lipinski definition) is 3. The fraction of sp³-hybridized carbons (Fsp3) is 0.308. The van der Waals surface area contributed by atoms with Gasteiger partial charge in [0.2, 0.25) is 0 Å². The van der Waals surface area contributed by atoms with E-state index < -0.39 is 23.9 Å². The van der Waals surface area contributed by atoms with E-state index in [-0.39, 0.29) is 13.0 Å². The second kappa shape index (κ2) is 5.51. The van der Waals surface area contributed by atoms with E-state index in [1.54, 1.807) is 0 Å². The van der Waals surface area contributed by atoms with Crippen molar-refractivity contribution in [3.63, 3.8) is 0 Å². The highest BCUT2D eigenvalue weighted by molar-refractivity contribution is 6.05. The van der Waals surface area contributed by atoms with Crippen molar-refractivity contribution in [3.8, 4) is 0 Å². The fourth-order valence-corrected chi connectivity index (χ4v) is 1.99. The second-order valence-electron chi connectivity index (χ2n) is 4.33. The average molecular weight is 262 g/mol. The third kappa shape index (κ3) is 3.09. The highest BCUT2D eigenvalue weighted by Crippen LogP contribution is 2.11. The molecule has 0 saturated carbocycles. The average Bonchev–Trinajstić information content (AvgIpc) is 2.63. The Morgan fingerprint density at radius 3 is 2.58 bits per heavy atom. The van der Waals surface area contributed by atoms with Crippen LogP contribution in [0.1, 0.15) is 12.0 Å². The first-order valence-corrected chi connectivity index (χ1v) is 5.95. The fourth-order valence-electron chi connectivity index (χ4n) is 1.99. The Balaban J connectivity index is 1.95. The van der Waals surface area contributed by atoms with Crippen molar-refractivity contribution in [1.82, 2.24) is 10.2 Å². The number of nitrogens with zero attached hydrogens (tertiary/aromatic N) is 1. The van der Waals surface area contributed by atoms with E-state index in [0.29, 0.717) is 6.42 Å². The number of aliphatic carboxylic acids is 1. The van der Waals surface area contributed by atoms with Crippen LogP contribution in [-0.2, 0) is 16.0 Å². The van der Waals surface area contributed by atoms with Crippen molar-refractivity contribution < 1.29 is 19.5 Å². The summed E-state index contributed by atoms with van der Waals surface area (Å²) in [5, 5.41) is 11.0. The van der Waals surface area contributed by atoms with Gasteiger partial charge in [0, 0.05) is 6.54 Å². The maximum absolute atomic E-state index is 11.9. The zero-order valence-electron chi connectivity index (χ0n) is 10.2. The van der Waals surface area contributed by atoms with E-state index in [2.05, 4.69) is 5.32 Å². The minimum atomic E-state index is -1.11. The summed E-state index contributed by atoms with van der Waals surface area (Å²) in [5.74, 6) is -1.58. The van der Waals surface area contributed by atoms with Gasteiger partial charge in [0.05, 0.1) is 6.42 Å². The molecule has 2 rings (SSSR count). The van der Waals surface area contributed by atoms with Crippen molar-refractivity contribution in [3.05, 3.63) is 35.9 Å². The van der Waals surface area contributed by atoms with E-state index in [0.717, 1.165) is 10.5 Å². The summed E-state index contributed by atoms with van der Waals surface area (Å²) in [7, 11) is 0. The van der Waals surface area contributed by atoms with Gasteiger partial charge >= 0.3 is 12.0 Å². The normalized spacial score (nSPS) is 18.5. The highest BCUT2D eigenvalue weighted by Gasteiger charge is 2.38. The molecule has 6 heteroatoms. The third-order valence-electron chi connectivity index (χ3n) is 2.95. The van der Waals surface area contributed by atoms with Gasteiger partial charge in [0.15, 0.2) is 0 Å². The number of carbonyl (C=O) groups excluding carboxylic acids is 2. The lowest BCUT2D eigenvalue weighted by Crippen LogP contribution is -2.34. The molecule has 0 unspecified atom stereocenters. The van der Waals surface area contributed by atoms with E-state index in [9.17, 15) is 14.4 Å². The maximum atomic E-state index is 11.9. The minimum Gasteiger partial charge on any atom is -0.481 e. The molecular formula is C13H14N2O4. The van der Waals surface area contributed by atoms with Crippen LogP contribution in [0, 0.1) is 0 Å². The zero-order chi connectivity index (χ0) is 13.8. The van der Waals surface area contributed by atoms with Crippen LogP contribution >= 0.6 is 0 Å². The highest BCUT2D eigenvalue weighted by atomic mass is 16.4. The SMILES string of the molecule is O=C(O)C[C@H]1NC(=O)N(CCc2ccccc2)C1=O. The van der Waals surface area contributed by atoms with E-state index >= 15 is 0 Å². The molecule has 0 bridgehead atoms. The Morgan fingerprint density at radius 1 is 1.26 bits per heavy atom. The summed E-state index contributed by atoms with van der Waals surface area (Å²) < 4.78 is 0. The molecule has 1 aliphatic heterocycles. The number of carboxylic acids is 1. The van der Waals surface area contributed by atoms with Gasteiger partial charge in [-0.3, -0.25) is 14.5 Å². The molecule has 19 heavy (non-hydrogen) atoms. The number of nitrogens with one attached hydrogen (secondary N) is 1. The first kappa shape index (κ1) is 13.1. The van der Waals surface area contributed by atoms with Crippen LogP contribution < -0.4 is 5.32 Å². The van der Waals surface area contributed by atoms with Crippen LogP contribution in [0.3, 0.4) is 0 Å². The molecule has 1 heterocycles. The number of benzene rings is 1. The number of imide groups is 1. The summed E-state index contributed by atoms with van der Waals surface area (Å²) in [4.78, 5) is 35.1. The quantitative estimate of drug-likeness (QED) is 0.762. The second-order valence-corrected chi connectivity index (χ2v) is 4.33. The molecule has 0 spiro atoms. The topological polar surface area (TPSA) is 86.7 Å². The number of carbonyl (C=O) groups is 3. The van der Waals surface area contributed by atoms with Gasteiger partial charge in [-0.15, -0.1) is 0 Å². The Kier molecular flexibility index (Phi) is 3.79. The smallest absolute Gasteiger partial charge is 0.324 e. The molecule has 100 valence electrons. The van der Waals surface area contributed by atoms with Gasteiger partial charge in [-0.25, -0.2) is 4.79 Å². The third-order valence-corrected chi connectivity index (χ3v) is 2.95. The Labute approximate surface area is 110 Å². The maximum Gasteiger partial charge on any atom is 0.324 e. The molecule has 1 aromatic rings. The molecule has 1 aliphatic rings. The molecule has 1 fully saturated rings. The summed E-state index contributed by atoms with van der Waals surface area (Å²) in [5.41, 5.74) is 1.02. The first-order valence-electron chi connectivity index (χ1n) is 5.95. The van der Waals surface area contributed by atoms with Gasteiger partial charge in [-0.2, -0.15) is 0 Å². The lowest BCUT2D eigenvalue weighted by atomic mass is 10.1. The van der Waals surface area contributed by atoms with E-state index in [1.165, 1.54) is 0 Å². The van der Waals surface area contributed by atoms with Crippen LogP contribution in [0.4, 0.5) is 4.79 Å². The zero-order valence-corrected chi connectivity index (χ0v) is 10.2. The van der Waals surface area contributed by atoms with Gasteiger partial charge in [0.25, 0.3) is 5.91 Å². The predicted molar refractivity (Wildman–Crippen MR) is 66.4 cm³/mol. The lowest BCUT2D eigenvalue weighted by Gasteiger charge is -2.12. The standard InChI is InChI=1S/C13H14N2O4/c16-11(17)8-10-12(18)15(13(19)14-10)7-6-9-4-2-1-3-5-9/h1-5,10H,6-8H2,(H,14,19)(H,16,17)/t10-/m1/s1. The Hall–Kier alpha value is -2.37. The molecule has 1 atom stereocenters. The Morgan fingerprint density at radius 2 is 1.95 bits per heavy atom. The largest absolute Gasteiger partial charge is 0.481 e. The van der Waals surface area contributed by atoms with Crippen LogP contribution in [0.2, 0.25) is 0 Å².